The van der Waals surface area contributed by atoms with Gasteiger partial charge < -0.3 is 20.2 Å². The number of alkyl halides is 3. The first-order chi connectivity index (χ1) is 17.2. The number of carbonyl (C=O) groups is 2. The normalized spacial score (nSPS) is 13.7. The summed E-state index contributed by atoms with van der Waals surface area (Å²) in [6.07, 6.45) is -5.01. The van der Waals surface area contributed by atoms with Crippen LogP contribution in [0.3, 0.4) is 0 Å². The summed E-state index contributed by atoms with van der Waals surface area (Å²) in [5.41, 5.74) is -0.553. The number of para-hydroxylation sites is 1. The summed E-state index contributed by atoms with van der Waals surface area (Å²) < 4.78 is 40.3. The molecule has 4 rings (SSSR count). The van der Waals surface area contributed by atoms with E-state index in [0.717, 1.165) is 11.1 Å². The molecule has 3 aromatic rings. The van der Waals surface area contributed by atoms with Crippen LogP contribution in [0.4, 0.5) is 29.5 Å². The van der Waals surface area contributed by atoms with E-state index < -0.39 is 23.4 Å². The van der Waals surface area contributed by atoms with Crippen LogP contribution in [0.1, 0.15) is 21.6 Å². The molecule has 1 aromatic heterocycles. The van der Waals surface area contributed by atoms with Crippen LogP contribution in [0.15, 0.2) is 60.7 Å². The molecule has 2 aromatic carbocycles. The number of piperazine rings is 1. The Hall–Kier alpha value is -4.59. The number of nitriles is 1. The average Bonchev–Trinajstić information content (AvgIpc) is 2.88. The number of urea groups is 1. The van der Waals surface area contributed by atoms with Crippen molar-refractivity contribution in [2.45, 2.75) is 6.18 Å². The first-order valence-corrected chi connectivity index (χ1v) is 10.9. The molecule has 1 aliphatic rings. The van der Waals surface area contributed by atoms with Crippen LogP contribution in [0, 0.1) is 11.3 Å². The lowest BCUT2D eigenvalue weighted by molar-refractivity contribution is -0.141. The molecule has 0 bridgehead atoms. The lowest BCUT2D eigenvalue weighted by Crippen LogP contribution is -2.50. The molecule has 0 aliphatic carbocycles. The quantitative estimate of drug-likeness (QED) is 0.544. The second kappa shape index (κ2) is 9.95. The number of hydrogen-bond donors (Lipinski definition) is 2. The Morgan fingerprint density at radius 2 is 1.64 bits per heavy atom. The summed E-state index contributed by atoms with van der Waals surface area (Å²) >= 11 is 0. The summed E-state index contributed by atoms with van der Waals surface area (Å²) in [4.78, 5) is 30.7. The maximum atomic E-state index is 13.4. The average molecular weight is 495 g/mol. The fourth-order valence-electron chi connectivity index (χ4n) is 3.98. The number of carboxylic acid groups (broad SMARTS) is 1. The minimum absolute atomic E-state index is 0.110. The molecule has 1 fully saturated rings. The zero-order valence-electron chi connectivity index (χ0n) is 18.8. The molecule has 1 saturated heterocycles. The molecule has 1 aliphatic heterocycles. The lowest BCUT2D eigenvalue weighted by Gasteiger charge is -2.36. The third kappa shape index (κ3) is 5.07. The van der Waals surface area contributed by atoms with E-state index in [-0.39, 0.29) is 43.6 Å². The topological polar surface area (TPSA) is 110 Å². The smallest absolute Gasteiger partial charge is 0.434 e. The highest BCUT2D eigenvalue weighted by atomic mass is 19.4. The first kappa shape index (κ1) is 24.5. The van der Waals surface area contributed by atoms with E-state index >= 15 is 0 Å². The van der Waals surface area contributed by atoms with E-state index in [2.05, 4.69) is 10.3 Å². The number of aromatic nitrogens is 1. The van der Waals surface area contributed by atoms with Crippen molar-refractivity contribution in [1.82, 2.24) is 9.88 Å². The van der Waals surface area contributed by atoms with Crippen LogP contribution in [-0.2, 0) is 6.18 Å². The van der Waals surface area contributed by atoms with Gasteiger partial charge in [0.15, 0.2) is 5.69 Å². The lowest BCUT2D eigenvalue weighted by atomic mass is 10.0. The predicted octanol–water partition coefficient (Wildman–Crippen LogP) is 4.69. The van der Waals surface area contributed by atoms with Crippen molar-refractivity contribution in [1.29, 1.82) is 5.26 Å². The van der Waals surface area contributed by atoms with Gasteiger partial charge in [-0.25, -0.2) is 14.6 Å². The number of halogens is 3. The zero-order valence-corrected chi connectivity index (χ0v) is 18.8. The summed E-state index contributed by atoms with van der Waals surface area (Å²) in [5.74, 6) is -2.08. The Morgan fingerprint density at radius 3 is 2.25 bits per heavy atom. The second-order valence-corrected chi connectivity index (χ2v) is 7.99. The molecular formula is C25H20F3N5O3. The number of amides is 2. The van der Waals surface area contributed by atoms with Crippen LogP contribution in [0.2, 0.25) is 0 Å². The van der Waals surface area contributed by atoms with Gasteiger partial charge in [0.25, 0.3) is 0 Å². The number of benzene rings is 2. The van der Waals surface area contributed by atoms with Crippen molar-refractivity contribution in [3.8, 4) is 17.2 Å². The molecule has 0 spiro atoms. The van der Waals surface area contributed by atoms with Crippen LogP contribution in [0.25, 0.3) is 11.1 Å². The number of aromatic carboxylic acids is 1. The zero-order chi connectivity index (χ0) is 25.9. The summed E-state index contributed by atoms with van der Waals surface area (Å²) in [6.45, 7) is 0.542. The third-order valence-electron chi connectivity index (χ3n) is 5.74. The van der Waals surface area contributed by atoms with Gasteiger partial charge in [0.2, 0.25) is 0 Å². The highest BCUT2D eigenvalue weighted by Crippen LogP contribution is 2.34. The van der Waals surface area contributed by atoms with Crippen molar-refractivity contribution in [2.75, 3.05) is 36.4 Å². The van der Waals surface area contributed by atoms with Crippen molar-refractivity contribution < 1.29 is 27.9 Å². The molecule has 11 heteroatoms. The molecule has 0 unspecified atom stereocenters. The van der Waals surface area contributed by atoms with E-state index in [4.69, 9.17) is 5.11 Å². The predicted molar refractivity (Wildman–Crippen MR) is 126 cm³/mol. The number of rotatable bonds is 4. The largest absolute Gasteiger partial charge is 0.478 e. The van der Waals surface area contributed by atoms with Gasteiger partial charge in [-0.15, -0.1) is 0 Å². The molecular weight excluding hydrogens is 475 g/mol. The first-order valence-electron chi connectivity index (χ1n) is 10.9. The summed E-state index contributed by atoms with van der Waals surface area (Å²) in [6, 6.07) is 18.9. The minimum atomic E-state index is -5.01. The molecule has 2 amide bonds. The molecule has 8 nitrogen and oxygen atoms in total. The fraction of sp³-hybridized carbons (Fsp3) is 0.200. The SMILES string of the molecule is N#Cc1cc(C(=O)O)c(C(F)(F)F)nc1N1CCN(C(=O)Nc2ccccc2-c2ccccc2)CC1. The van der Waals surface area contributed by atoms with E-state index in [0.29, 0.717) is 11.8 Å². The number of nitrogens with zero attached hydrogens (tertiary/aromatic N) is 4. The maximum Gasteiger partial charge on any atom is 0.434 e. The van der Waals surface area contributed by atoms with Crippen LogP contribution in [-0.4, -0.2) is 53.2 Å². The van der Waals surface area contributed by atoms with E-state index in [1.54, 1.807) is 18.2 Å². The van der Waals surface area contributed by atoms with E-state index in [9.17, 15) is 28.0 Å². The van der Waals surface area contributed by atoms with Gasteiger partial charge in [0.1, 0.15) is 11.9 Å². The van der Waals surface area contributed by atoms with Gasteiger partial charge in [0.05, 0.1) is 16.8 Å². The molecule has 0 atom stereocenters. The molecule has 0 radical (unpaired) electrons. The number of carboxylic acids is 1. The number of pyridine rings is 1. The van der Waals surface area contributed by atoms with Crippen LogP contribution >= 0.6 is 0 Å². The molecule has 2 heterocycles. The molecule has 2 N–H and O–H groups in total. The number of nitrogens with one attached hydrogen (secondary N) is 1. The van der Waals surface area contributed by atoms with Gasteiger partial charge in [-0.2, -0.15) is 18.4 Å². The fourth-order valence-corrected chi connectivity index (χ4v) is 3.98. The number of anilines is 2. The van der Waals surface area contributed by atoms with Crippen molar-refractivity contribution in [3.05, 3.63) is 77.5 Å². The van der Waals surface area contributed by atoms with Crippen LogP contribution < -0.4 is 10.2 Å². The van der Waals surface area contributed by atoms with E-state index in [1.807, 2.05) is 42.5 Å². The van der Waals surface area contributed by atoms with Gasteiger partial charge in [-0.1, -0.05) is 48.5 Å². The van der Waals surface area contributed by atoms with E-state index in [1.165, 1.54) is 9.80 Å². The Morgan fingerprint density at radius 1 is 1.00 bits per heavy atom. The Balaban J connectivity index is 1.50. The number of hydrogen-bond acceptors (Lipinski definition) is 5. The highest BCUT2D eigenvalue weighted by Gasteiger charge is 2.39. The summed E-state index contributed by atoms with van der Waals surface area (Å²) in [5, 5.41) is 21.4. The Labute approximate surface area is 204 Å². The third-order valence-corrected chi connectivity index (χ3v) is 5.74. The monoisotopic (exact) mass is 495 g/mol. The van der Waals surface area contributed by atoms with Crippen LogP contribution in [0.5, 0.6) is 0 Å². The Bertz CT molecular complexity index is 1330. The minimum Gasteiger partial charge on any atom is -0.478 e. The molecule has 184 valence electrons. The van der Waals surface area contributed by atoms with Crippen molar-refractivity contribution in [3.63, 3.8) is 0 Å². The Kier molecular flexibility index (Phi) is 6.78. The maximum absolute atomic E-state index is 13.4. The number of carbonyl (C=O) groups excluding carboxylic acids is 1. The molecule has 0 saturated carbocycles. The molecule has 36 heavy (non-hydrogen) atoms. The summed E-state index contributed by atoms with van der Waals surface area (Å²) in [7, 11) is 0. The standard InChI is InChI=1S/C25H20F3N5O3/c26-25(27,28)21-19(23(34)35)14-17(15-29)22(31-21)32-10-12-33(13-11-32)24(36)30-20-9-5-4-8-18(20)16-6-2-1-3-7-16/h1-9,14H,10-13H2,(H,30,36)(H,34,35). The van der Waals surface area contributed by atoms with Crippen molar-refractivity contribution >= 4 is 23.5 Å². The second-order valence-electron chi connectivity index (χ2n) is 7.99. The van der Waals surface area contributed by atoms with Crippen molar-refractivity contribution in [2.24, 2.45) is 0 Å². The van der Waals surface area contributed by atoms with Gasteiger partial charge in [0, 0.05) is 31.7 Å². The highest BCUT2D eigenvalue weighted by molar-refractivity contribution is 5.94. The van der Waals surface area contributed by atoms with Gasteiger partial charge >= 0.3 is 18.2 Å². The van der Waals surface area contributed by atoms with Gasteiger partial charge in [-0.3, -0.25) is 0 Å². The van der Waals surface area contributed by atoms with Gasteiger partial charge in [-0.05, 0) is 17.7 Å².